The molecule has 1 amide bonds. The molecule has 6 nitrogen and oxygen atoms in total. The van der Waals surface area contributed by atoms with Crippen LogP contribution in [0.5, 0.6) is 0 Å². The average Bonchev–Trinajstić information content (AvgIpc) is 3.03. The van der Waals surface area contributed by atoms with Crippen molar-refractivity contribution in [3.8, 4) is 11.3 Å². The molecule has 1 aromatic heterocycles. The molecule has 126 valence electrons. The number of nitro groups is 1. The minimum Gasteiger partial charge on any atom is -0.451 e. The van der Waals surface area contributed by atoms with E-state index < -0.39 is 4.92 Å². The van der Waals surface area contributed by atoms with Crippen LogP contribution in [-0.2, 0) is 0 Å². The Morgan fingerprint density at radius 3 is 2.33 bits per heavy atom. The summed E-state index contributed by atoms with van der Waals surface area (Å²) in [5.74, 6) is 1.72. The van der Waals surface area contributed by atoms with E-state index in [1.807, 2.05) is 4.90 Å². The number of non-ortho nitro benzene ring substituents is 1. The zero-order valence-corrected chi connectivity index (χ0v) is 13.8. The molecule has 2 aromatic rings. The molecule has 1 aliphatic heterocycles. The molecule has 0 unspecified atom stereocenters. The Morgan fingerprint density at radius 2 is 1.75 bits per heavy atom. The van der Waals surface area contributed by atoms with Crippen molar-refractivity contribution in [2.45, 2.75) is 20.3 Å². The van der Waals surface area contributed by atoms with Crippen molar-refractivity contribution in [3.63, 3.8) is 0 Å². The molecule has 1 aromatic carbocycles. The van der Waals surface area contributed by atoms with Crippen molar-refractivity contribution in [1.82, 2.24) is 4.90 Å². The molecule has 6 heteroatoms. The van der Waals surface area contributed by atoms with E-state index in [1.165, 1.54) is 12.1 Å². The molecule has 0 bridgehead atoms. The number of nitro benzene ring substituents is 1. The SMILES string of the molecule is C[C@H]1C[C@H](C)CN(C(=O)c2ccc(-c3ccc([N+](=O)[O-])cc3)o2)C1. The lowest BCUT2D eigenvalue weighted by Gasteiger charge is -2.34. The third-order valence-corrected chi connectivity index (χ3v) is 4.34. The van der Waals surface area contributed by atoms with Gasteiger partial charge in [0.05, 0.1) is 4.92 Å². The van der Waals surface area contributed by atoms with E-state index >= 15 is 0 Å². The van der Waals surface area contributed by atoms with Crippen molar-refractivity contribution in [1.29, 1.82) is 0 Å². The zero-order chi connectivity index (χ0) is 17.3. The highest BCUT2D eigenvalue weighted by molar-refractivity contribution is 5.92. The Hall–Kier alpha value is -2.63. The molecule has 0 saturated carbocycles. The van der Waals surface area contributed by atoms with Crippen LogP contribution in [0.15, 0.2) is 40.8 Å². The van der Waals surface area contributed by atoms with Crippen LogP contribution in [-0.4, -0.2) is 28.8 Å². The van der Waals surface area contributed by atoms with Crippen LogP contribution in [0, 0.1) is 22.0 Å². The van der Waals surface area contributed by atoms with Crippen molar-refractivity contribution in [3.05, 3.63) is 52.3 Å². The number of likely N-dealkylation sites (tertiary alicyclic amines) is 1. The van der Waals surface area contributed by atoms with Crippen LogP contribution in [0.2, 0.25) is 0 Å². The van der Waals surface area contributed by atoms with Crippen molar-refractivity contribution < 1.29 is 14.1 Å². The van der Waals surface area contributed by atoms with E-state index in [9.17, 15) is 14.9 Å². The van der Waals surface area contributed by atoms with Gasteiger partial charge in [-0.05, 0) is 42.5 Å². The van der Waals surface area contributed by atoms with Crippen molar-refractivity contribution >= 4 is 11.6 Å². The summed E-state index contributed by atoms with van der Waals surface area (Å²) in [5.41, 5.74) is 0.734. The number of nitrogens with zero attached hydrogens (tertiary/aromatic N) is 2. The Bertz CT molecular complexity index is 741. The second-order valence-corrected chi connectivity index (χ2v) is 6.62. The van der Waals surface area contributed by atoms with Crippen LogP contribution in [0.25, 0.3) is 11.3 Å². The van der Waals surface area contributed by atoms with Crippen LogP contribution >= 0.6 is 0 Å². The molecule has 1 fully saturated rings. The maximum absolute atomic E-state index is 12.6. The summed E-state index contributed by atoms with van der Waals surface area (Å²) in [4.78, 5) is 24.7. The predicted molar refractivity (Wildman–Crippen MR) is 89.6 cm³/mol. The quantitative estimate of drug-likeness (QED) is 0.631. The lowest BCUT2D eigenvalue weighted by Crippen LogP contribution is -2.42. The summed E-state index contributed by atoms with van der Waals surface area (Å²) in [5, 5.41) is 10.7. The number of furan rings is 1. The van der Waals surface area contributed by atoms with Gasteiger partial charge in [0, 0.05) is 30.8 Å². The standard InChI is InChI=1S/C18H20N2O4/c1-12-9-13(2)11-19(10-12)18(21)17-8-7-16(24-17)14-3-5-15(6-4-14)20(22)23/h3-8,12-13H,9-11H2,1-2H3/t12-,13-/m0/s1. The first kappa shape index (κ1) is 16.2. The summed E-state index contributed by atoms with van der Waals surface area (Å²) in [7, 11) is 0. The Morgan fingerprint density at radius 1 is 1.12 bits per heavy atom. The summed E-state index contributed by atoms with van der Waals surface area (Å²) >= 11 is 0. The van der Waals surface area contributed by atoms with E-state index in [-0.39, 0.29) is 11.6 Å². The normalized spacial score (nSPS) is 20.8. The first-order valence-electron chi connectivity index (χ1n) is 8.08. The summed E-state index contributed by atoms with van der Waals surface area (Å²) in [6.45, 7) is 5.80. The van der Waals surface area contributed by atoms with Crippen molar-refractivity contribution in [2.24, 2.45) is 11.8 Å². The van der Waals surface area contributed by atoms with Gasteiger partial charge >= 0.3 is 0 Å². The van der Waals surface area contributed by atoms with Crippen LogP contribution in [0.4, 0.5) is 5.69 Å². The summed E-state index contributed by atoms with van der Waals surface area (Å²) in [6.07, 6.45) is 1.13. The highest BCUT2D eigenvalue weighted by Gasteiger charge is 2.27. The van der Waals surface area contributed by atoms with Crippen LogP contribution < -0.4 is 0 Å². The van der Waals surface area contributed by atoms with Gasteiger partial charge in [-0.25, -0.2) is 0 Å². The molecule has 3 rings (SSSR count). The van der Waals surface area contributed by atoms with Crippen LogP contribution in [0.3, 0.4) is 0 Å². The number of hydrogen-bond acceptors (Lipinski definition) is 4. The van der Waals surface area contributed by atoms with Gasteiger partial charge in [-0.3, -0.25) is 14.9 Å². The monoisotopic (exact) mass is 328 g/mol. The highest BCUT2D eigenvalue weighted by atomic mass is 16.6. The number of rotatable bonds is 3. The molecule has 2 heterocycles. The van der Waals surface area contributed by atoms with Gasteiger partial charge in [0.1, 0.15) is 5.76 Å². The molecular formula is C18H20N2O4. The van der Waals surface area contributed by atoms with Crippen molar-refractivity contribution in [2.75, 3.05) is 13.1 Å². The second-order valence-electron chi connectivity index (χ2n) is 6.62. The van der Waals surface area contributed by atoms with Gasteiger partial charge in [-0.15, -0.1) is 0 Å². The van der Waals surface area contributed by atoms with Gasteiger partial charge < -0.3 is 9.32 Å². The first-order chi connectivity index (χ1) is 11.4. The van der Waals surface area contributed by atoms with E-state index in [1.54, 1.807) is 24.3 Å². The number of carbonyl (C=O) groups excluding carboxylic acids is 1. The highest BCUT2D eigenvalue weighted by Crippen LogP contribution is 2.27. The number of piperidine rings is 1. The van der Waals surface area contributed by atoms with Crippen LogP contribution in [0.1, 0.15) is 30.8 Å². The third kappa shape index (κ3) is 3.32. The number of carbonyl (C=O) groups is 1. The fourth-order valence-electron chi connectivity index (χ4n) is 3.34. The average molecular weight is 328 g/mol. The number of benzene rings is 1. The van der Waals surface area contributed by atoms with Gasteiger partial charge in [-0.2, -0.15) is 0 Å². The molecule has 24 heavy (non-hydrogen) atoms. The molecule has 2 atom stereocenters. The van der Waals surface area contributed by atoms with Gasteiger partial charge in [0.2, 0.25) is 0 Å². The second kappa shape index (κ2) is 6.47. The maximum Gasteiger partial charge on any atom is 0.289 e. The Balaban J connectivity index is 1.77. The minimum absolute atomic E-state index is 0.0258. The molecule has 1 aliphatic rings. The molecule has 0 spiro atoms. The summed E-state index contributed by atoms with van der Waals surface area (Å²) < 4.78 is 5.69. The predicted octanol–water partition coefficient (Wildman–Crippen LogP) is 3.97. The van der Waals surface area contributed by atoms with Gasteiger partial charge in [-0.1, -0.05) is 13.8 Å². The molecule has 1 saturated heterocycles. The minimum atomic E-state index is -0.445. The fourth-order valence-corrected chi connectivity index (χ4v) is 3.34. The lowest BCUT2D eigenvalue weighted by atomic mass is 9.92. The lowest BCUT2D eigenvalue weighted by molar-refractivity contribution is -0.384. The summed E-state index contributed by atoms with van der Waals surface area (Å²) in [6, 6.07) is 9.49. The van der Waals surface area contributed by atoms with E-state index in [0.717, 1.165) is 19.5 Å². The fraction of sp³-hybridized carbons (Fsp3) is 0.389. The molecule has 0 aliphatic carbocycles. The molecule has 0 N–H and O–H groups in total. The Kier molecular flexibility index (Phi) is 4.38. The van der Waals surface area contributed by atoms with E-state index in [2.05, 4.69) is 13.8 Å². The maximum atomic E-state index is 12.6. The number of amides is 1. The van der Waals surface area contributed by atoms with Gasteiger partial charge in [0.15, 0.2) is 5.76 Å². The zero-order valence-electron chi connectivity index (χ0n) is 13.8. The van der Waals surface area contributed by atoms with Gasteiger partial charge in [0.25, 0.3) is 11.6 Å². The third-order valence-electron chi connectivity index (χ3n) is 4.34. The molecule has 0 radical (unpaired) electrons. The smallest absolute Gasteiger partial charge is 0.289 e. The van der Waals surface area contributed by atoms with E-state index in [0.29, 0.717) is 28.9 Å². The Labute approximate surface area is 140 Å². The topological polar surface area (TPSA) is 76.6 Å². The van der Waals surface area contributed by atoms with E-state index in [4.69, 9.17) is 4.42 Å². The molecular weight excluding hydrogens is 308 g/mol. The first-order valence-corrected chi connectivity index (χ1v) is 8.08. The number of hydrogen-bond donors (Lipinski definition) is 0. The largest absolute Gasteiger partial charge is 0.451 e.